The van der Waals surface area contributed by atoms with Crippen LogP contribution in [0.25, 0.3) is 6.08 Å². The highest BCUT2D eigenvalue weighted by atomic mass is 19.1. The number of hydrogen-bond acceptors (Lipinski definition) is 4. The van der Waals surface area contributed by atoms with Crippen LogP contribution in [0.1, 0.15) is 17.5 Å². The van der Waals surface area contributed by atoms with E-state index in [0.717, 1.165) is 6.54 Å². The van der Waals surface area contributed by atoms with Gasteiger partial charge in [0.25, 0.3) is 0 Å². The van der Waals surface area contributed by atoms with E-state index in [-0.39, 0.29) is 13.0 Å². The highest BCUT2D eigenvalue weighted by Gasteiger charge is 2.09. The van der Waals surface area contributed by atoms with E-state index in [9.17, 15) is 14.0 Å². The van der Waals surface area contributed by atoms with Crippen molar-refractivity contribution in [2.45, 2.75) is 13.0 Å². The van der Waals surface area contributed by atoms with Gasteiger partial charge in [-0.05, 0) is 30.8 Å². The maximum absolute atomic E-state index is 13.4. The van der Waals surface area contributed by atoms with Gasteiger partial charge in [-0.1, -0.05) is 48.5 Å². The van der Waals surface area contributed by atoms with Crippen LogP contribution in [0.4, 0.5) is 4.39 Å². The maximum Gasteiger partial charge on any atom is 0.313 e. The summed E-state index contributed by atoms with van der Waals surface area (Å²) in [6.07, 6.45) is 2.20. The standard InChI is InChI=1S/C21H22FNO3/c1-23(16-17-7-3-2-4-8-17)13-14-26-21(25)15-19(24)12-11-18-9-5-6-10-20(18)22/h2-12H,13-16H2,1H3. The van der Waals surface area contributed by atoms with Crippen LogP contribution in [0.15, 0.2) is 60.7 Å². The number of likely N-dealkylation sites (N-methyl/N-ethyl adjacent to an activating group) is 1. The summed E-state index contributed by atoms with van der Waals surface area (Å²) in [5.74, 6) is -1.42. The van der Waals surface area contributed by atoms with Crippen LogP contribution < -0.4 is 0 Å². The van der Waals surface area contributed by atoms with E-state index >= 15 is 0 Å². The molecule has 0 heterocycles. The monoisotopic (exact) mass is 355 g/mol. The van der Waals surface area contributed by atoms with Gasteiger partial charge in [-0.15, -0.1) is 0 Å². The van der Waals surface area contributed by atoms with Gasteiger partial charge >= 0.3 is 5.97 Å². The first-order valence-electron chi connectivity index (χ1n) is 8.38. The lowest BCUT2D eigenvalue weighted by Gasteiger charge is -2.16. The third-order valence-corrected chi connectivity index (χ3v) is 3.70. The molecule has 2 rings (SSSR count). The van der Waals surface area contributed by atoms with Crippen LogP contribution >= 0.6 is 0 Å². The van der Waals surface area contributed by atoms with Crippen LogP contribution in [0.2, 0.25) is 0 Å². The molecule has 26 heavy (non-hydrogen) atoms. The Balaban J connectivity index is 1.68. The van der Waals surface area contributed by atoms with Crippen LogP contribution in [0.5, 0.6) is 0 Å². The van der Waals surface area contributed by atoms with Gasteiger partial charge < -0.3 is 4.74 Å². The average molecular weight is 355 g/mol. The Labute approximate surface area is 152 Å². The summed E-state index contributed by atoms with van der Waals surface area (Å²) in [5.41, 5.74) is 1.48. The summed E-state index contributed by atoms with van der Waals surface area (Å²) in [4.78, 5) is 25.5. The molecule has 0 amide bonds. The van der Waals surface area contributed by atoms with Crippen molar-refractivity contribution < 1.29 is 18.7 Å². The molecule has 4 nitrogen and oxygen atoms in total. The van der Waals surface area contributed by atoms with Crippen molar-refractivity contribution in [1.29, 1.82) is 0 Å². The molecule has 0 N–H and O–H groups in total. The van der Waals surface area contributed by atoms with E-state index in [1.807, 2.05) is 42.3 Å². The Bertz CT molecular complexity index is 759. The molecule has 5 heteroatoms. The van der Waals surface area contributed by atoms with Crippen molar-refractivity contribution >= 4 is 17.8 Å². The minimum Gasteiger partial charge on any atom is -0.464 e. The number of carbonyl (C=O) groups excluding carboxylic acids is 2. The van der Waals surface area contributed by atoms with Crippen LogP contribution in [0.3, 0.4) is 0 Å². The molecule has 2 aromatic carbocycles. The zero-order valence-corrected chi connectivity index (χ0v) is 14.7. The fourth-order valence-corrected chi connectivity index (χ4v) is 2.33. The average Bonchev–Trinajstić information content (AvgIpc) is 2.62. The molecule has 0 saturated carbocycles. The van der Waals surface area contributed by atoms with Crippen molar-refractivity contribution in [3.05, 3.63) is 77.6 Å². The number of carbonyl (C=O) groups is 2. The Morgan fingerprint density at radius 3 is 2.50 bits per heavy atom. The molecule has 0 aliphatic carbocycles. The van der Waals surface area contributed by atoms with Gasteiger partial charge in [-0.2, -0.15) is 0 Å². The van der Waals surface area contributed by atoms with Crippen molar-refractivity contribution in [2.75, 3.05) is 20.2 Å². The Kier molecular flexibility index (Phi) is 7.71. The van der Waals surface area contributed by atoms with Gasteiger partial charge in [0.05, 0.1) is 0 Å². The molecule has 2 aromatic rings. The van der Waals surface area contributed by atoms with Crippen molar-refractivity contribution in [1.82, 2.24) is 4.90 Å². The van der Waals surface area contributed by atoms with Crippen LogP contribution in [0, 0.1) is 5.82 Å². The predicted molar refractivity (Wildman–Crippen MR) is 98.8 cm³/mol. The Morgan fingerprint density at radius 2 is 1.77 bits per heavy atom. The lowest BCUT2D eigenvalue weighted by atomic mass is 10.1. The molecule has 0 aliphatic heterocycles. The van der Waals surface area contributed by atoms with Gasteiger partial charge in [0.1, 0.15) is 18.8 Å². The molecule has 0 aliphatic rings. The third-order valence-electron chi connectivity index (χ3n) is 3.70. The topological polar surface area (TPSA) is 46.6 Å². The fourth-order valence-electron chi connectivity index (χ4n) is 2.33. The molecule has 136 valence electrons. The van der Waals surface area contributed by atoms with E-state index in [1.54, 1.807) is 18.2 Å². The maximum atomic E-state index is 13.4. The quantitative estimate of drug-likeness (QED) is 0.393. The minimum atomic E-state index is -0.582. The van der Waals surface area contributed by atoms with E-state index in [4.69, 9.17) is 4.74 Å². The molecule has 0 spiro atoms. The highest BCUT2D eigenvalue weighted by Crippen LogP contribution is 2.08. The van der Waals surface area contributed by atoms with E-state index in [0.29, 0.717) is 12.1 Å². The lowest BCUT2D eigenvalue weighted by molar-refractivity contribution is -0.145. The molecule has 0 unspecified atom stereocenters. The van der Waals surface area contributed by atoms with Gasteiger partial charge in [0, 0.05) is 18.7 Å². The zero-order chi connectivity index (χ0) is 18.8. The number of ether oxygens (including phenoxy) is 1. The van der Waals surface area contributed by atoms with E-state index in [1.165, 1.54) is 23.8 Å². The molecule has 0 aromatic heterocycles. The predicted octanol–water partition coefficient (Wildman–Crippen LogP) is 3.47. The number of rotatable bonds is 9. The molecule has 0 bridgehead atoms. The lowest BCUT2D eigenvalue weighted by Crippen LogP contribution is -2.24. The summed E-state index contributed by atoms with van der Waals surface area (Å²) < 4.78 is 18.5. The molecule has 0 atom stereocenters. The highest BCUT2D eigenvalue weighted by molar-refractivity contribution is 6.03. The first kappa shape index (κ1) is 19.5. The molecule has 0 fully saturated rings. The summed E-state index contributed by atoms with van der Waals surface area (Å²) in [7, 11) is 1.93. The normalized spacial score (nSPS) is 11.0. The second-order valence-corrected chi connectivity index (χ2v) is 5.94. The smallest absolute Gasteiger partial charge is 0.313 e. The summed E-state index contributed by atoms with van der Waals surface area (Å²) in [6, 6.07) is 16.1. The second kappa shape index (κ2) is 10.3. The van der Waals surface area contributed by atoms with E-state index < -0.39 is 17.6 Å². The number of halogens is 1. The van der Waals surface area contributed by atoms with Gasteiger partial charge in [0.15, 0.2) is 5.78 Å². The number of nitrogens with zero attached hydrogens (tertiary/aromatic N) is 1. The number of hydrogen-bond donors (Lipinski definition) is 0. The van der Waals surface area contributed by atoms with Crippen molar-refractivity contribution in [3.63, 3.8) is 0 Å². The fraction of sp³-hybridized carbons (Fsp3) is 0.238. The zero-order valence-electron chi connectivity index (χ0n) is 14.7. The van der Waals surface area contributed by atoms with Crippen LogP contribution in [-0.2, 0) is 20.9 Å². The van der Waals surface area contributed by atoms with Crippen molar-refractivity contribution in [3.8, 4) is 0 Å². The molecule has 0 saturated heterocycles. The Hall–Kier alpha value is -2.79. The second-order valence-electron chi connectivity index (χ2n) is 5.94. The first-order valence-corrected chi connectivity index (χ1v) is 8.38. The summed E-state index contributed by atoms with van der Waals surface area (Å²) >= 11 is 0. The SMILES string of the molecule is CN(CCOC(=O)CC(=O)C=Cc1ccccc1F)Cc1ccccc1. The largest absolute Gasteiger partial charge is 0.464 e. The third kappa shape index (κ3) is 6.99. The molecular weight excluding hydrogens is 333 g/mol. The van der Waals surface area contributed by atoms with E-state index in [2.05, 4.69) is 0 Å². The molecular formula is C21H22FNO3. The number of benzene rings is 2. The number of ketones is 1. The summed E-state index contributed by atoms with van der Waals surface area (Å²) in [6.45, 7) is 1.54. The minimum absolute atomic E-state index is 0.215. The first-order chi connectivity index (χ1) is 12.5. The Morgan fingerprint density at radius 1 is 1.08 bits per heavy atom. The van der Waals surface area contributed by atoms with Gasteiger partial charge in [0.2, 0.25) is 0 Å². The molecule has 0 radical (unpaired) electrons. The van der Waals surface area contributed by atoms with Crippen molar-refractivity contribution in [2.24, 2.45) is 0 Å². The number of allylic oxidation sites excluding steroid dienone is 1. The summed E-state index contributed by atoms with van der Waals surface area (Å²) in [5, 5.41) is 0. The van der Waals surface area contributed by atoms with Gasteiger partial charge in [-0.25, -0.2) is 4.39 Å². The van der Waals surface area contributed by atoms with Crippen LogP contribution in [-0.4, -0.2) is 36.9 Å². The van der Waals surface area contributed by atoms with Gasteiger partial charge in [-0.3, -0.25) is 14.5 Å². The number of esters is 1.